The Bertz CT molecular complexity index is 1420. The summed E-state index contributed by atoms with van der Waals surface area (Å²) in [5.74, 6) is -0.214. The van der Waals surface area contributed by atoms with Gasteiger partial charge in [0.2, 0.25) is 15.9 Å². The van der Waals surface area contributed by atoms with Gasteiger partial charge in [-0.25, -0.2) is 8.42 Å². The second-order valence-electron chi connectivity index (χ2n) is 12.3. The minimum absolute atomic E-state index is 0.0266. The van der Waals surface area contributed by atoms with Gasteiger partial charge in [0.25, 0.3) is 0 Å². The molecule has 0 radical (unpaired) electrons. The number of nitrogens with zero attached hydrogens (tertiary/aromatic N) is 2. The molecule has 0 fully saturated rings. The highest BCUT2D eigenvalue weighted by atomic mass is 32.2. The van der Waals surface area contributed by atoms with E-state index in [0.717, 1.165) is 23.1 Å². The molecule has 1 aliphatic heterocycles. The third kappa shape index (κ3) is 6.21. The molecule has 2 aromatic carbocycles. The first-order chi connectivity index (χ1) is 18.2. The van der Waals surface area contributed by atoms with E-state index in [0.29, 0.717) is 6.54 Å². The van der Waals surface area contributed by atoms with Crippen molar-refractivity contribution in [2.24, 2.45) is 0 Å². The third-order valence-corrected chi connectivity index (χ3v) is 10.2. The summed E-state index contributed by atoms with van der Waals surface area (Å²) < 4.78 is 28.5. The van der Waals surface area contributed by atoms with E-state index in [2.05, 4.69) is 83.8 Å². The molecule has 1 aromatic heterocycles. The summed E-state index contributed by atoms with van der Waals surface area (Å²) in [6.07, 6.45) is 2.29. The fourth-order valence-electron chi connectivity index (χ4n) is 5.02. The van der Waals surface area contributed by atoms with Gasteiger partial charge in [0, 0.05) is 18.0 Å². The highest BCUT2D eigenvalue weighted by molar-refractivity contribution is 7.89. The number of carbonyl (C=O) groups excluding carboxylic acids is 1. The van der Waals surface area contributed by atoms with E-state index in [1.54, 1.807) is 23.5 Å². The van der Waals surface area contributed by atoms with Crippen LogP contribution in [0.3, 0.4) is 0 Å². The predicted molar refractivity (Wildman–Crippen MR) is 161 cm³/mol. The first kappa shape index (κ1) is 29.2. The monoisotopic (exact) mass is 564 g/mol. The van der Waals surface area contributed by atoms with E-state index in [1.165, 1.54) is 20.8 Å². The van der Waals surface area contributed by atoms with Gasteiger partial charge in [0.15, 0.2) is 0 Å². The summed E-state index contributed by atoms with van der Waals surface area (Å²) in [6.45, 7) is 16.9. The Kier molecular flexibility index (Phi) is 8.27. The zero-order valence-corrected chi connectivity index (χ0v) is 25.5. The molecule has 0 spiro atoms. The van der Waals surface area contributed by atoms with Gasteiger partial charge in [0.05, 0.1) is 17.5 Å². The molecule has 0 saturated heterocycles. The number of hydrogen-bond donors (Lipinski definition) is 0. The molecule has 39 heavy (non-hydrogen) atoms. The van der Waals surface area contributed by atoms with Gasteiger partial charge < -0.3 is 4.90 Å². The molecule has 0 aliphatic carbocycles. The molecule has 7 heteroatoms. The summed E-state index contributed by atoms with van der Waals surface area (Å²) >= 11 is 1.71. The average molecular weight is 565 g/mol. The molecular weight excluding hydrogens is 524 g/mol. The number of amides is 1. The molecule has 0 unspecified atom stereocenters. The van der Waals surface area contributed by atoms with Gasteiger partial charge in [-0.15, -0.1) is 17.9 Å². The van der Waals surface area contributed by atoms with Crippen LogP contribution in [0.4, 0.5) is 0 Å². The fraction of sp³-hybridized carbons (Fsp3) is 0.406. The van der Waals surface area contributed by atoms with Crippen molar-refractivity contribution < 1.29 is 13.2 Å². The lowest BCUT2D eigenvalue weighted by atomic mass is 9.85. The van der Waals surface area contributed by atoms with E-state index in [9.17, 15) is 13.2 Å². The number of fused-ring (bicyclic) bond motifs is 1. The predicted octanol–water partition coefficient (Wildman–Crippen LogP) is 6.69. The Hall–Kier alpha value is -2.74. The van der Waals surface area contributed by atoms with Crippen molar-refractivity contribution in [3.05, 3.63) is 99.8 Å². The molecule has 3 aromatic rings. The summed E-state index contributed by atoms with van der Waals surface area (Å²) in [5.41, 5.74) is 4.37. The topological polar surface area (TPSA) is 57.7 Å². The van der Waals surface area contributed by atoms with Gasteiger partial charge in [-0.3, -0.25) is 4.79 Å². The largest absolute Gasteiger partial charge is 0.330 e. The van der Waals surface area contributed by atoms with Gasteiger partial charge in [0.1, 0.15) is 0 Å². The molecule has 2 heterocycles. The van der Waals surface area contributed by atoms with Gasteiger partial charge in [-0.1, -0.05) is 84.0 Å². The first-order valence-corrected chi connectivity index (χ1v) is 15.7. The standard InChI is InChI=1S/C32H40N2O3S2/c1-8-19-33(39(36,37)26-15-13-25(14-16-26)32(5,6)7)22-29(35)34-20-17-28-27(18-21-38-28)30(34)23-9-11-24(12-10-23)31(2,3)4/h8-16,18,21,30H,1,17,19-20,22H2,2-7H3/t30-/m0/s1. The van der Waals surface area contributed by atoms with E-state index < -0.39 is 10.0 Å². The second-order valence-corrected chi connectivity index (χ2v) is 15.2. The summed E-state index contributed by atoms with van der Waals surface area (Å²) in [7, 11) is -3.90. The lowest BCUT2D eigenvalue weighted by molar-refractivity contribution is -0.133. The van der Waals surface area contributed by atoms with Crippen molar-refractivity contribution in [2.45, 2.75) is 69.7 Å². The molecule has 1 atom stereocenters. The SMILES string of the molecule is C=CCN(CC(=O)N1CCc2sccc2[C@@H]1c1ccc(C(C)(C)C)cc1)S(=O)(=O)c1ccc(C(C)(C)C)cc1. The molecule has 208 valence electrons. The van der Waals surface area contributed by atoms with Crippen molar-refractivity contribution >= 4 is 27.3 Å². The fourth-order valence-corrected chi connectivity index (χ4v) is 7.28. The zero-order valence-electron chi connectivity index (χ0n) is 23.9. The minimum atomic E-state index is -3.90. The molecule has 0 saturated carbocycles. The maximum atomic E-state index is 13.9. The van der Waals surface area contributed by atoms with Crippen LogP contribution in [0.2, 0.25) is 0 Å². The van der Waals surface area contributed by atoms with Crippen molar-refractivity contribution in [3.63, 3.8) is 0 Å². The smallest absolute Gasteiger partial charge is 0.243 e. The Morgan fingerprint density at radius 1 is 0.974 bits per heavy atom. The molecule has 1 amide bonds. The molecule has 5 nitrogen and oxygen atoms in total. The van der Waals surface area contributed by atoms with E-state index in [-0.39, 0.29) is 40.8 Å². The molecular formula is C32H40N2O3S2. The lowest BCUT2D eigenvalue weighted by Gasteiger charge is -2.37. The van der Waals surface area contributed by atoms with Crippen LogP contribution in [0.5, 0.6) is 0 Å². The van der Waals surface area contributed by atoms with Crippen LogP contribution in [0.1, 0.15) is 74.7 Å². The Morgan fingerprint density at radius 2 is 1.54 bits per heavy atom. The number of benzene rings is 2. The quantitative estimate of drug-likeness (QED) is 0.300. The summed E-state index contributed by atoms with van der Waals surface area (Å²) in [5, 5.41) is 2.07. The maximum Gasteiger partial charge on any atom is 0.243 e. The highest BCUT2D eigenvalue weighted by Gasteiger charge is 2.35. The molecule has 0 N–H and O–H groups in total. The number of hydrogen-bond acceptors (Lipinski definition) is 4. The number of thiophene rings is 1. The summed E-state index contributed by atoms with van der Waals surface area (Å²) in [6, 6.07) is 17.3. The van der Waals surface area contributed by atoms with E-state index in [1.807, 2.05) is 17.0 Å². The van der Waals surface area contributed by atoms with Crippen molar-refractivity contribution in [2.75, 3.05) is 19.6 Å². The van der Waals surface area contributed by atoms with Crippen LogP contribution in [0.15, 0.2) is 77.5 Å². The Balaban J connectivity index is 1.64. The van der Waals surface area contributed by atoms with E-state index in [4.69, 9.17) is 0 Å². The van der Waals surface area contributed by atoms with Gasteiger partial charge >= 0.3 is 0 Å². The minimum Gasteiger partial charge on any atom is -0.330 e. The highest BCUT2D eigenvalue weighted by Crippen LogP contribution is 2.38. The molecule has 0 bridgehead atoms. The van der Waals surface area contributed by atoms with E-state index >= 15 is 0 Å². The number of sulfonamides is 1. The van der Waals surface area contributed by atoms with Crippen LogP contribution < -0.4 is 0 Å². The second kappa shape index (κ2) is 11.0. The molecule has 4 rings (SSSR count). The first-order valence-electron chi connectivity index (χ1n) is 13.4. The van der Waals surface area contributed by atoms with Gasteiger partial charge in [-0.05, 0) is 63.1 Å². The lowest BCUT2D eigenvalue weighted by Crippen LogP contribution is -2.46. The Labute approximate surface area is 238 Å². The molecule has 1 aliphatic rings. The van der Waals surface area contributed by atoms with Crippen LogP contribution in [-0.4, -0.2) is 43.2 Å². The van der Waals surface area contributed by atoms with Crippen molar-refractivity contribution in [1.82, 2.24) is 9.21 Å². The average Bonchev–Trinajstić information content (AvgIpc) is 3.36. The van der Waals surface area contributed by atoms with Crippen LogP contribution in [-0.2, 0) is 32.1 Å². The zero-order chi connectivity index (χ0) is 28.6. The van der Waals surface area contributed by atoms with Crippen LogP contribution >= 0.6 is 11.3 Å². The van der Waals surface area contributed by atoms with Gasteiger partial charge in [-0.2, -0.15) is 4.31 Å². The summed E-state index contributed by atoms with van der Waals surface area (Å²) in [4.78, 5) is 17.2. The van der Waals surface area contributed by atoms with Crippen molar-refractivity contribution in [3.8, 4) is 0 Å². The van der Waals surface area contributed by atoms with Crippen LogP contribution in [0.25, 0.3) is 0 Å². The van der Waals surface area contributed by atoms with Crippen molar-refractivity contribution in [1.29, 1.82) is 0 Å². The normalized spacial score (nSPS) is 16.3. The van der Waals surface area contributed by atoms with Crippen LogP contribution in [0, 0.1) is 0 Å². The third-order valence-electron chi connectivity index (χ3n) is 7.38. The number of rotatable bonds is 7. The maximum absolute atomic E-state index is 13.9. The Morgan fingerprint density at radius 3 is 2.08 bits per heavy atom. The number of carbonyl (C=O) groups is 1.